The molecule has 0 spiro atoms. The maximum absolute atomic E-state index is 14.0. The molecule has 3 atom stereocenters. The summed E-state index contributed by atoms with van der Waals surface area (Å²) in [6.07, 6.45) is 0.478. The molecule has 62 heavy (non-hydrogen) atoms. The zero-order valence-electron chi connectivity index (χ0n) is 35.4. The largest absolute Gasteiger partial charge is 0.465 e. The van der Waals surface area contributed by atoms with Gasteiger partial charge in [-0.15, -0.1) is 0 Å². The van der Waals surface area contributed by atoms with Crippen LogP contribution in [0.15, 0.2) is 119 Å². The molecule has 2 aromatic heterocycles. The number of nitrogens with zero attached hydrogens (tertiary/aromatic N) is 5. The number of hydrogen-bond acceptors (Lipinski definition) is 6. The molecule has 2 aliphatic rings. The van der Waals surface area contributed by atoms with Gasteiger partial charge in [-0.1, -0.05) is 84.9 Å². The van der Waals surface area contributed by atoms with E-state index in [1.54, 1.807) is 34.8 Å². The zero-order valence-corrected chi connectivity index (χ0v) is 35.4. The number of aryl methyl sites for hydroxylation is 1. The number of aromatic amines is 2. The molecule has 326 valence electrons. The van der Waals surface area contributed by atoms with Crippen molar-refractivity contribution >= 4 is 40.3 Å². The van der Waals surface area contributed by atoms with Crippen molar-refractivity contribution < 1.29 is 29.3 Å². The van der Waals surface area contributed by atoms with Crippen LogP contribution in [0.5, 0.6) is 0 Å². The molecule has 2 saturated heterocycles. The van der Waals surface area contributed by atoms with Gasteiger partial charge in [0.2, 0.25) is 0 Å². The van der Waals surface area contributed by atoms with E-state index in [4.69, 9.17) is 9.84 Å². The van der Waals surface area contributed by atoms with E-state index in [9.17, 15) is 29.1 Å². The summed E-state index contributed by atoms with van der Waals surface area (Å²) in [6, 6.07) is 34.5. The van der Waals surface area contributed by atoms with E-state index < -0.39 is 30.0 Å². The van der Waals surface area contributed by atoms with Crippen LogP contribution in [-0.4, -0.2) is 93.7 Å². The van der Waals surface area contributed by atoms with E-state index in [2.05, 4.69) is 22.1 Å². The molecular weight excluding hydrogens is 791 g/mol. The van der Waals surface area contributed by atoms with Gasteiger partial charge in [0.25, 0.3) is 0 Å². The van der Waals surface area contributed by atoms with Gasteiger partial charge in [-0.05, 0) is 94.7 Å². The average molecular weight is 846 g/mol. The third kappa shape index (κ3) is 9.88. The molecule has 15 nitrogen and oxygen atoms in total. The minimum absolute atomic E-state index is 0.0687. The Morgan fingerprint density at radius 3 is 1.79 bits per heavy atom. The van der Waals surface area contributed by atoms with Crippen LogP contribution in [0.1, 0.15) is 76.1 Å². The number of imidazole rings is 2. The lowest BCUT2D eigenvalue weighted by Gasteiger charge is -2.49. The van der Waals surface area contributed by atoms with Crippen molar-refractivity contribution in [3.05, 3.63) is 141 Å². The lowest BCUT2D eigenvalue weighted by molar-refractivity contribution is -0.0561. The van der Waals surface area contributed by atoms with Crippen LogP contribution in [0.25, 0.3) is 22.1 Å². The molecule has 2 aliphatic heterocycles. The van der Waals surface area contributed by atoms with E-state index in [1.165, 1.54) is 15.4 Å². The number of ether oxygens (including phenoxy) is 1. The van der Waals surface area contributed by atoms with E-state index in [0.717, 1.165) is 40.5 Å². The van der Waals surface area contributed by atoms with Gasteiger partial charge in [0.05, 0.1) is 28.6 Å². The minimum atomic E-state index is -1.11. The summed E-state index contributed by atoms with van der Waals surface area (Å²) in [5.41, 5.74) is 4.09. The number of nitrogens with one attached hydrogen (secondary N) is 2. The van der Waals surface area contributed by atoms with Gasteiger partial charge in [-0.3, -0.25) is 18.9 Å². The number of rotatable bonds is 9. The Morgan fingerprint density at radius 1 is 0.694 bits per heavy atom. The quantitative estimate of drug-likeness (QED) is 0.112. The molecule has 15 heteroatoms. The van der Waals surface area contributed by atoms with Crippen molar-refractivity contribution in [1.82, 2.24) is 33.8 Å². The molecule has 4 aromatic carbocycles. The number of hydrogen-bond donors (Lipinski definition) is 4. The number of para-hydroxylation sites is 4. The maximum atomic E-state index is 14.0. The number of carbonyl (C=O) groups is 3. The second kappa shape index (κ2) is 18.9. The summed E-state index contributed by atoms with van der Waals surface area (Å²) in [5, 5.41) is 19.4. The van der Waals surface area contributed by atoms with Gasteiger partial charge in [0.1, 0.15) is 11.8 Å². The Hall–Kier alpha value is -6.77. The summed E-state index contributed by atoms with van der Waals surface area (Å²) in [7, 11) is 0. The molecule has 2 fully saturated rings. The predicted octanol–water partition coefficient (Wildman–Crippen LogP) is 8.30. The fraction of sp³-hybridized carbons (Fsp3) is 0.383. The monoisotopic (exact) mass is 845 g/mol. The summed E-state index contributed by atoms with van der Waals surface area (Å²) in [4.78, 5) is 73.2. The molecule has 6 aromatic rings. The van der Waals surface area contributed by atoms with E-state index in [0.29, 0.717) is 38.8 Å². The number of carboxylic acid groups (broad SMARTS) is 2. The first-order valence-electron chi connectivity index (χ1n) is 21.2. The number of carbonyl (C=O) groups excluding carboxylic acids is 1. The molecule has 0 saturated carbocycles. The fourth-order valence-corrected chi connectivity index (χ4v) is 9.03. The van der Waals surface area contributed by atoms with Crippen LogP contribution in [0, 0.1) is 5.92 Å². The second-order valence-electron chi connectivity index (χ2n) is 17.0. The van der Waals surface area contributed by atoms with Crippen LogP contribution in [0.4, 0.5) is 14.4 Å². The highest BCUT2D eigenvalue weighted by atomic mass is 16.6. The number of benzene rings is 4. The van der Waals surface area contributed by atoms with Crippen molar-refractivity contribution in [2.75, 3.05) is 19.6 Å². The fourth-order valence-electron chi connectivity index (χ4n) is 9.03. The Morgan fingerprint density at radius 2 is 1.23 bits per heavy atom. The van der Waals surface area contributed by atoms with Gasteiger partial charge < -0.3 is 29.8 Å². The van der Waals surface area contributed by atoms with Crippen molar-refractivity contribution in [1.29, 1.82) is 0 Å². The number of fused-ring (bicyclic) bond motifs is 2. The van der Waals surface area contributed by atoms with Crippen LogP contribution in [-0.2, 0) is 17.7 Å². The van der Waals surface area contributed by atoms with Crippen LogP contribution < -0.4 is 11.4 Å². The van der Waals surface area contributed by atoms with Gasteiger partial charge in [0, 0.05) is 37.6 Å². The minimum Gasteiger partial charge on any atom is -0.465 e. The highest BCUT2D eigenvalue weighted by Gasteiger charge is 2.47. The van der Waals surface area contributed by atoms with Crippen LogP contribution in [0.3, 0.4) is 0 Å². The van der Waals surface area contributed by atoms with E-state index in [1.807, 2.05) is 97.1 Å². The van der Waals surface area contributed by atoms with Gasteiger partial charge >= 0.3 is 29.7 Å². The lowest BCUT2D eigenvalue weighted by Crippen LogP contribution is -2.61. The van der Waals surface area contributed by atoms with Crippen molar-refractivity contribution in [2.45, 2.75) is 89.7 Å². The maximum Gasteiger partial charge on any atom is 0.412 e. The standard InChI is InChI=1S/C34H40N4O5.C13H15N3O3/c1-34(2,3)43-33(42)37(23-25-15-8-5-9-16-25)30-26(18-12-17-24-13-6-4-7-14-24)28(21-22-36(30)32(40)41)38-29-20-11-10-19-27(29)35-31(38)39;17-12-14-10-3-1-2-4-11(10)16(12)9-5-7-15(8-6-9)13(18)19/h4-11,13-16,19-20,26,28,30H,12,17-18,21-23H2,1-3H3,(H,35,39)(H,40,41);1-4,9H,5-8H2,(H,14,17)(H,18,19)/t26?,28?,30-;/m0./s1. The van der Waals surface area contributed by atoms with Crippen molar-refractivity contribution in [3.8, 4) is 0 Å². The molecule has 4 heterocycles. The SMILES string of the molecule is CC(C)(C)OC(=O)N(Cc1ccccc1)[C@H]1C(CCCc2ccccc2)C(n2c(=O)[nH]c3ccccc32)CCN1C(=O)O.O=C(O)N1CCC(n2c(=O)[nH]c3ccccc32)CC1. The lowest BCUT2D eigenvalue weighted by atomic mass is 9.83. The topological polar surface area (TPSA) is 186 Å². The Kier molecular flexibility index (Phi) is 13.2. The van der Waals surface area contributed by atoms with Gasteiger partial charge in [0.15, 0.2) is 0 Å². The Bertz CT molecular complexity index is 2590. The molecule has 0 aliphatic carbocycles. The molecule has 2 unspecified atom stereocenters. The molecule has 0 bridgehead atoms. The summed E-state index contributed by atoms with van der Waals surface area (Å²) in [6.45, 7) is 6.68. The van der Waals surface area contributed by atoms with Crippen molar-refractivity contribution in [2.24, 2.45) is 5.92 Å². The zero-order chi connectivity index (χ0) is 44.0. The van der Waals surface area contributed by atoms with E-state index in [-0.39, 0.29) is 42.5 Å². The molecule has 8 rings (SSSR count). The molecule has 3 amide bonds. The molecule has 0 radical (unpaired) electrons. The number of piperidine rings is 2. The number of aromatic nitrogens is 4. The third-order valence-electron chi connectivity index (χ3n) is 11.8. The first kappa shape index (κ1) is 43.3. The first-order valence-corrected chi connectivity index (χ1v) is 21.2. The van der Waals surface area contributed by atoms with Crippen molar-refractivity contribution in [3.63, 3.8) is 0 Å². The summed E-state index contributed by atoms with van der Waals surface area (Å²) in [5.74, 6) is -0.387. The average Bonchev–Trinajstić information content (AvgIpc) is 3.77. The summed E-state index contributed by atoms with van der Waals surface area (Å²) >= 11 is 0. The van der Waals surface area contributed by atoms with Crippen LogP contribution in [0.2, 0.25) is 0 Å². The predicted molar refractivity (Wildman–Crippen MR) is 236 cm³/mol. The molecular formula is C47H55N7O8. The Labute approximate surface area is 359 Å². The van der Waals surface area contributed by atoms with Gasteiger partial charge in [-0.25, -0.2) is 24.0 Å². The third-order valence-corrected chi connectivity index (χ3v) is 11.8. The smallest absolute Gasteiger partial charge is 0.412 e. The highest BCUT2D eigenvalue weighted by molar-refractivity contribution is 5.76. The van der Waals surface area contributed by atoms with E-state index >= 15 is 0 Å². The Balaban J connectivity index is 0.000000252. The number of likely N-dealkylation sites (tertiary alicyclic amines) is 2. The first-order chi connectivity index (χ1) is 29.8. The number of H-pyrrole nitrogens is 2. The number of amides is 3. The molecule has 4 N–H and O–H groups in total. The van der Waals surface area contributed by atoms with Crippen LogP contribution >= 0.6 is 0 Å². The normalized spacial score (nSPS) is 18.3. The second-order valence-corrected chi connectivity index (χ2v) is 17.0. The summed E-state index contributed by atoms with van der Waals surface area (Å²) < 4.78 is 9.41. The highest BCUT2D eigenvalue weighted by Crippen LogP contribution is 2.40. The van der Waals surface area contributed by atoms with Gasteiger partial charge in [-0.2, -0.15) is 0 Å².